The van der Waals surface area contributed by atoms with Gasteiger partial charge in [0.1, 0.15) is 0 Å². The number of hydrogen-bond acceptors (Lipinski definition) is 5. The van der Waals surface area contributed by atoms with Crippen LogP contribution in [0, 0.1) is 5.92 Å². The number of ether oxygens (including phenoxy) is 2. The molecule has 0 bridgehead atoms. The van der Waals surface area contributed by atoms with Gasteiger partial charge in [-0.2, -0.15) is 0 Å². The second-order valence-electron chi connectivity index (χ2n) is 3.10. The lowest BCUT2D eigenvalue weighted by molar-refractivity contribution is -0.287. The number of carboxylic acid groups (broad SMARTS) is 2. The fourth-order valence-corrected chi connectivity index (χ4v) is 1.06. The fourth-order valence-electron chi connectivity index (χ4n) is 1.06. The average Bonchev–Trinajstić information content (AvgIpc) is 1.98. The SMILES string of the molecule is CC(COC(=O)O)CC(C)OC(=O)[O-]. The predicted molar refractivity (Wildman–Crippen MR) is 43.7 cm³/mol. The van der Waals surface area contributed by atoms with Crippen molar-refractivity contribution >= 4 is 12.3 Å². The molecule has 6 heteroatoms. The largest absolute Gasteiger partial charge is 0.547 e. The smallest absolute Gasteiger partial charge is 0.505 e. The molecular weight excluding hydrogens is 192 g/mol. The van der Waals surface area contributed by atoms with E-state index in [2.05, 4.69) is 9.47 Å². The van der Waals surface area contributed by atoms with Crippen LogP contribution in [-0.4, -0.2) is 30.1 Å². The molecule has 82 valence electrons. The van der Waals surface area contributed by atoms with Gasteiger partial charge in [-0.15, -0.1) is 0 Å². The second-order valence-corrected chi connectivity index (χ2v) is 3.10. The Morgan fingerprint density at radius 3 is 2.43 bits per heavy atom. The van der Waals surface area contributed by atoms with Crippen molar-refractivity contribution < 1.29 is 29.3 Å². The summed E-state index contributed by atoms with van der Waals surface area (Å²) in [5, 5.41) is 18.2. The van der Waals surface area contributed by atoms with Crippen molar-refractivity contribution in [2.45, 2.75) is 26.4 Å². The van der Waals surface area contributed by atoms with Crippen molar-refractivity contribution in [1.29, 1.82) is 0 Å². The molecule has 14 heavy (non-hydrogen) atoms. The highest BCUT2D eigenvalue weighted by atomic mass is 16.7. The molecule has 0 aliphatic rings. The third kappa shape index (κ3) is 7.20. The van der Waals surface area contributed by atoms with E-state index >= 15 is 0 Å². The van der Waals surface area contributed by atoms with E-state index in [1.54, 1.807) is 13.8 Å². The highest BCUT2D eigenvalue weighted by molar-refractivity contribution is 5.56. The summed E-state index contributed by atoms with van der Waals surface area (Å²) in [4.78, 5) is 20.0. The first kappa shape index (κ1) is 12.5. The molecule has 0 spiro atoms. The van der Waals surface area contributed by atoms with E-state index in [0.29, 0.717) is 6.42 Å². The topological polar surface area (TPSA) is 95.9 Å². The molecule has 1 N–H and O–H groups in total. The minimum Gasteiger partial charge on any atom is -0.547 e. The van der Waals surface area contributed by atoms with E-state index in [4.69, 9.17) is 5.11 Å². The molecule has 6 nitrogen and oxygen atoms in total. The van der Waals surface area contributed by atoms with Crippen LogP contribution in [0.5, 0.6) is 0 Å². The van der Waals surface area contributed by atoms with Crippen molar-refractivity contribution in [3.63, 3.8) is 0 Å². The highest BCUT2D eigenvalue weighted by Crippen LogP contribution is 2.09. The molecule has 0 saturated heterocycles. The molecule has 2 atom stereocenters. The molecule has 0 amide bonds. The van der Waals surface area contributed by atoms with E-state index in [1.807, 2.05) is 0 Å². The van der Waals surface area contributed by atoms with Gasteiger partial charge in [-0.1, -0.05) is 6.92 Å². The Balaban J connectivity index is 3.65. The Morgan fingerprint density at radius 2 is 2.00 bits per heavy atom. The number of rotatable bonds is 5. The van der Waals surface area contributed by atoms with E-state index in [0.717, 1.165) is 0 Å². The van der Waals surface area contributed by atoms with E-state index < -0.39 is 18.4 Å². The van der Waals surface area contributed by atoms with Gasteiger partial charge in [-0.3, -0.25) is 0 Å². The average molecular weight is 205 g/mol. The van der Waals surface area contributed by atoms with Gasteiger partial charge in [-0.25, -0.2) is 4.79 Å². The molecule has 0 aromatic heterocycles. The zero-order valence-corrected chi connectivity index (χ0v) is 8.06. The number of hydrogen-bond donors (Lipinski definition) is 1. The standard InChI is InChI=1S/C8H14O6/c1-5(4-13-7(9)10)3-6(2)14-8(11)12/h5-6H,3-4H2,1-2H3,(H,9,10)(H,11,12)/p-1. The molecule has 2 unspecified atom stereocenters. The maximum atomic E-state index is 10.0. The highest BCUT2D eigenvalue weighted by Gasteiger charge is 2.10. The van der Waals surface area contributed by atoms with Gasteiger partial charge in [0.05, 0.1) is 6.61 Å². The van der Waals surface area contributed by atoms with Gasteiger partial charge in [0.25, 0.3) is 6.16 Å². The van der Waals surface area contributed by atoms with E-state index in [1.165, 1.54) is 0 Å². The van der Waals surface area contributed by atoms with Gasteiger partial charge < -0.3 is 24.5 Å². The van der Waals surface area contributed by atoms with Crippen LogP contribution < -0.4 is 5.11 Å². The molecule has 0 radical (unpaired) electrons. The minimum absolute atomic E-state index is 0.0239. The van der Waals surface area contributed by atoms with Crippen molar-refractivity contribution in [3.05, 3.63) is 0 Å². The summed E-state index contributed by atoms with van der Waals surface area (Å²) in [6, 6.07) is 0. The Kier molecular flexibility index (Phi) is 5.43. The van der Waals surface area contributed by atoms with Gasteiger partial charge in [-0.05, 0) is 19.3 Å². The fraction of sp³-hybridized carbons (Fsp3) is 0.750. The first-order valence-corrected chi connectivity index (χ1v) is 4.15. The van der Waals surface area contributed by atoms with Crippen molar-refractivity contribution in [2.24, 2.45) is 5.92 Å². The summed E-state index contributed by atoms with van der Waals surface area (Å²) in [6.45, 7) is 3.32. The van der Waals surface area contributed by atoms with Crippen LogP contribution >= 0.6 is 0 Å². The molecule has 0 heterocycles. The molecule has 0 aliphatic heterocycles. The van der Waals surface area contributed by atoms with Crippen molar-refractivity contribution in [1.82, 2.24) is 0 Å². The molecule has 0 fully saturated rings. The third-order valence-corrected chi connectivity index (χ3v) is 1.52. The Hall–Kier alpha value is -1.46. The lowest BCUT2D eigenvalue weighted by atomic mass is 10.1. The van der Waals surface area contributed by atoms with Crippen LogP contribution in [0.1, 0.15) is 20.3 Å². The first-order chi connectivity index (χ1) is 6.41. The summed E-state index contributed by atoms with van der Waals surface area (Å²) in [7, 11) is 0. The van der Waals surface area contributed by atoms with Crippen molar-refractivity contribution in [2.75, 3.05) is 6.61 Å². The summed E-state index contributed by atoms with van der Waals surface area (Å²) in [6.07, 6.45) is -3.05. The molecule has 0 aromatic rings. The summed E-state index contributed by atoms with van der Waals surface area (Å²) in [5.41, 5.74) is 0. The van der Waals surface area contributed by atoms with Gasteiger partial charge >= 0.3 is 6.16 Å². The Labute approximate surface area is 81.4 Å². The minimum atomic E-state index is -1.58. The first-order valence-electron chi connectivity index (χ1n) is 4.15. The molecule has 0 aromatic carbocycles. The quantitative estimate of drug-likeness (QED) is 0.655. The maximum Gasteiger partial charge on any atom is 0.505 e. The van der Waals surface area contributed by atoms with E-state index in [-0.39, 0.29) is 12.5 Å². The molecule has 0 aliphatic carbocycles. The number of carbonyl (C=O) groups excluding carboxylic acids is 1. The van der Waals surface area contributed by atoms with Crippen LogP contribution in [-0.2, 0) is 9.47 Å². The zero-order chi connectivity index (χ0) is 11.1. The van der Waals surface area contributed by atoms with Gasteiger partial charge in [0.15, 0.2) is 0 Å². The zero-order valence-electron chi connectivity index (χ0n) is 8.06. The molecule has 0 rings (SSSR count). The summed E-state index contributed by atoms with van der Waals surface area (Å²) in [5.74, 6) is -0.0968. The lowest BCUT2D eigenvalue weighted by Gasteiger charge is -2.20. The van der Waals surface area contributed by atoms with Gasteiger partial charge in [0, 0.05) is 6.10 Å². The Morgan fingerprint density at radius 1 is 1.43 bits per heavy atom. The monoisotopic (exact) mass is 205 g/mol. The van der Waals surface area contributed by atoms with Crippen LogP contribution in [0.15, 0.2) is 0 Å². The summed E-state index contributed by atoms with van der Waals surface area (Å²) >= 11 is 0. The van der Waals surface area contributed by atoms with Crippen LogP contribution in [0.4, 0.5) is 9.59 Å². The van der Waals surface area contributed by atoms with Crippen LogP contribution in [0.2, 0.25) is 0 Å². The Bertz CT molecular complexity index is 202. The van der Waals surface area contributed by atoms with Crippen LogP contribution in [0.25, 0.3) is 0 Å². The normalized spacial score (nSPS) is 14.1. The second kappa shape index (κ2) is 6.06. The molecule has 0 saturated carbocycles. The van der Waals surface area contributed by atoms with E-state index in [9.17, 15) is 14.7 Å². The summed E-state index contributed by atoms with van der Waals surface area (Å²) < 4.78 is 8.64. The number of carbonyl (C=O) groups is 2. The third-order valence-electron chi connectivity index (χ3n) is 1.52. The lowest BCUT2D eigenvalue weighted by Crippen LogP contribution is -2.29. The van der Waals surface area contributed by atoms with Crippen LogP contribution in [0.3, 0.4) is 0 Å². The predicted octanol–water partition coefficient (Wildman–Crippen LogP) is 0.456. The molecular formula is C8H13O6-. The van der Waals surface area contributed by atoms with Crippen molar-refractivity contribution in [3.8, 4) is 0 Å². The van der Waals surface area contributed by atoms with Gasteiger partial charge in [0.2, 0.25) is 0 Å². The maximum absolute atomic E-state index is 10.0.